The number of rotatable bonds is 6. The number of benzene rings is 1. The van der Waals surface area contributed by atoms with Crippen molar-refractivity contribution in [1.82, 2.24) is 4.90 Å². The first kappa shape index (κ1) is 13.1. The molecular formula is C15H20N2S. The van der Waals surface area contributed by atoms with Crippen molar-refractivity contribution >= 4 is 17.0 Å². The number of nitrogens with two attached hydrogens (primary N) is 1. The minimum atomic E-state index is 0.849. The van der Waals surface area contributed by atoms with E-state index in [1.54, 1.807) is 0 Å². The van der Waals surface area contributed by atoms with Crippen LogP contribution in [-0.4, -0.2) is 18.0 Å². The van der Waals surface area contributed by atoms with Gasteiger partial charge in [0.2, 0.25) is 0 Å². The Bertz CT molecular complexity index is 465. The molecule has 18 heavy (non-hydrogen) atoms. The van der Waals surface area contributed by atoms with E-state index in [4.69, 9.17) is 5.73 Å². The average molecular weight is 260 g/mol. The Morgan fingerprint density at radius 1 is 1.22 bits per heavy atom. The molecule has 0 aliphatic carbocycles. The van der Waals surface area contributed by atoms with Gasteiger partial charge < -0.3 is 5.73 Å². The van der Waals surface area contributed by atoms with Crippen LogP contribution in [0.4, 0.5) is 5.69 Å². The first-order valence-corrected chi connectivity index (χ1v) is 7.25. The van der Waals surface area contributed by atoms with Gasteiger partial charge in [-0.25, -0.2) is 0 Å². The van der Waals surface area contributed by atoms with E-state index in [0.717, 1.165) is 31.7 Å². The van der Waals surface area contributed by atoms with Crippen LogP contribution >= 0.6 is 11.3 Å². The highest BCUT2D eigenvalue weighted by Gasteiger charge is 2.05. The van der Waals surface area contributed by atoms with E-state index in [2.05, 4.69) is 41.5 Å². The van der Waals surface area contributed by atoms with Crippen molar-refractivity contribution in [2.75, 3.05) is 18.8 Å². The van der Waals surface area contributed by atoms with Gasteiger partial charge >= 0.3 is 0 Å². The maximum Gasteiger partial charge on any atom is 0.0317 e. The van der Waals surface area contributed by atoms with Crippen LogP contribution in [0.25, 0.3) is 0 Å². The maximum atomic E-state index is 5.81. The highest BCUT2D eigenvalue weighted by molar-refractivity contribution is 7.09. The number of thiophene rings is 1. The predicted octanol–water partition coefficient (Wildman–Crippen LogP) is 3.39. The molecule has 96 valence electrons. The Labute approximate surface area is 113 Å². The fourth-order valence-corrected chi connectivity index (χ4v) is 2.72. The van der Waals surface area contributed by atoms with Gasteiger partial charge in [-0.05, 0) is 42.1 Å². The Morgan fingerprint density at radius 2 is 2.11 bits per heavy atom. The minimum absolute atomic E-state index is 0.849. The molecule has 0 bridgehead atoms. The van der Waals surface area contributed by atoms with E-state index in [-0.39, 0.29) is 0 Å². The van der Waals surface area contributed by atoms with Crippen LogP contribution in [-0.2, 0) is 13.0 Å². The lowest BCUT2D eigenvalue weighted by molar-refractivity contribution is 0.284. The molecule has 1 aromatic carbocycles. The smallest absolute Gasteiger partial charge is 0.0317 e. The molecule has 0 radical (unpaired) electrons. The van der Waals surface area contributed by atoms with E-state index in [0.29, 0.717) is 0 Å². The zero-order chi connectivity index (χ0) is 12.8. The number of anilines is 1. The Hall–Kier alpha value is -1.32. The van der Waals surface area contributed by atoms with Gasteiger partial charge in [-0.3, -0.25) is 4.90 Å². The van der Waals surface area contributed by atoms with Crippen LogP contribution in [0.2, 0.25) is 0 Å². The second-order valence-corrected chi connectivity index (χ2v) is 5.48. The van der Waals surface area contributed by atoms with Crippen molar-refractivity contribution in [2.24, 2.45) is 0 Å². The minimum Gasteiger partial charge on any atom is -0.399 e. The average Bonchev–Trinajstić information content (AvgIpc) is 2.87. The lowest BCUT2D eigenvalue weighted by atomic mass is 10.2. The zero-order valence-corrected chi connectivity index (χ0v) is 11.6. The molecule has 0 aliphatic rings. The molecule has 2 nitrogen and oxygen atoms in total. The molecule has 0 unspecified atom stereocenters. The van der Waals surface area contributed by atoms with Crippen LogP contribution < -0.4 is 5.73 Å². The summed E-state index contributed by atoms with van der Waals surface area (Å²) in [5, 5.41) is 2.14. The SMILES string of the molecule is CCN(CCc1cccs1)Cc1cccc(N)c1. The van der Waals surface area contributed by atoms with Gasteiger partial charge in [0.05, 0.1) is 0 Å². The van der Waals surface area contributed by atoms with Gasteiger partial charge in [0.1, 0.15) is 0 Å². The second kappa shape index (κ2) is 6.57. The Morgan fingerprint density at radius 3 is 2.78 bits per heavy atom. The maximum absolute atomic E-state index is 5.81. The molecule has 0 saturated carbocycles. The quantitative estimate of drug-likeness (QED) is 0.807. The van der Waals surface area contributed by atoms with Crippen molar-refractivity contribution in [3.05, 3.63) is 52.2 Å². The molecule has 0 atom stereocenters. The molecule has 2 rings (SSSR count). The lowest BCUT2D eigenvalue weighted by Gasteiger charge is -2.20. The van der Waals surface area contributed by atoms with Crippen LogP contribution in [0.1, 0.15) is 17.4 Å². The van der Waals surface area contributed by atoms with E-state index in [1.807, 2.05) is 23.5 Å². The molecule has 1 aromatic heterocycles. The monoisotopic (exact) mass is 260 g/mol. The molecular weight excluding hydrogens is 240 g/mol. The molecule has 2 aromatic rings. The van der Waals surface area contributed by atoms with Crippen LogP contribution in [0.5, 0.6) is 0 Å². The Balaban J connectivity index is 1.89. The largest absolute Gasteiger partial charge is 0.399 e. The van der Waals surface area contributed by atoms with Gasteiger partial charge in [-0.1, -0.05) is 25.1 Å². The summed E-state index contributed by atoms with van der Waals surface area (Å²) >= 11 is 1.84. The van der Waals surface area contributed by atoms with Gasteiger partial charge in [-0.15, -0.1) is 11.3 Å². The second-order valence-electron chi connectivity index (χ2n) is 4.44. The van der Waals surface area contributed by atoms with Crippen molar-refractivity contribution in [3.8, 4) is 0 Å². The van der Waals surface area contributed by atoms with Crippen LogP contribution in [0.15, 0.2) is 41.8 Å². The number of hydrogen-bond donors (Lipinski definition) is 1. The summed E-state index contributed by atoms with van der Waals surface area (Å²) < 4.78 is 0. The van der Waals surface area contributed by atoms with E-state index < -0.39 is 0 Å². The standard InChI is InChI=1S/C15H20N2S/c1-2-17(9-8-15-7-4-10-18-15)12-13-5-3-6-14(16)11-13/h3-7,10-11H,2,8-9,12,16H2,1H3. The summed E-state index contributed by atoms with van der Waals surface area (Å²) in [5.74, 6) is 0. The lowest BCUT2D eigenvalue weighted by Crippen LogP contribution is -2.25. The summed E-state index contributed by atoms with van der Waals surface area (Å²) in [4.78, 5) is 3.91. The van der Waals surface area contributed by atoms with Crippen LogP contribution in [0.3, 0.4) is 0 Å². The molecule has 0 saturated heterocycles. The molecule has 3 heteroatoms. The van der Waals surface area contributed by atoms with E-state index in [1.165, 1.54) is 10.4 Å². The van der Waals surface area contributed by atoms with Crippen molar-refractivity contribution < 1.29 is 0 Å². The highest BCUT2D eigenvalue weighted by atomic mass is 32.1. The summed E-state index contributed by atoms with van der Waals surface area (Å²) in [6.45, 7) is 5.36. The normalized spacial score (nSPS) is 11.0. The topological polar surface area (TPSA) is 29.3 Å². The van der Waals surface area contributed by atoms with E-state index >= 15 is 0 Å². The fourth-order valence-electron chi connectivity index (χ4n) is 2.02. The number of nitrogen functional groups attached to an aromatic ring is 1. The molecule has 0 spiro atoms. The molecule has 0 fully saturated rings. The third kappa shape index (κ3) is 3.86. The summed E-state index contributed by atoms with van der Waals surface area (Å²) in [6, 6.07) is 12.5. The highest BCUT2D eigenvalue weighted by Crippen LogP contribution is 2.12. The van der Waals surface area contributed by atoms with Gasteiger partial charge in [0.25, 0.3) is 0 Å². The zero-order valence-electron chi connectivity index (χ0n) is 10.8. The summed E-state index contributed by atoms with van der Waals surface area (Å²) in [5.41, 5.74) is 7.95. The molecule has 0 aliphatic heterocycles. The third-order valence-electron chi connectivity index (χ3n) is 3.06. The third-order valence-corrected chi connectivity index (χ3v) is 4.00. The summed E-state index contributed by atoms with van der Waals surface area (Å²) in [7, 11) is 0. The van der Waals surface area contributed by atoms with Crippen LogP contribution in [0, 0.1) is 0 Å². The van der Waals surface area contributed by atoms with Crippen molar-refractivity contribution in [1.29, 1.82) is 0 Å². The Kier molecular flexibility index (Phi) is 4.79. The number of likely N-dealkylation sites (N-methyl/N-ethyl adjacent to an activating group) is 1. The molecule has 2 N–H and O–H groups in total. The van der Waals surface area contributed by atoms with Crippen molar-refractivity contribution in [3.63, 3.8) is 0 Å². The number of nitrogens with zero attached hydrogens (tertiary/aromatic N) is 1. The van der Waals surface area contributed by atoms with Gasteiger partial charge in [-0.2, -0.15) is 0 Å². The van der Waals surface area contributed by atoms with Crippen molar-refractivity contribution in [2.45, 2.75) is 19.9 Å². The molecule has 0 amide bonds. The predicted molar refractivity (Wildman–Crippen MR) is 79.8 cm³/mol. The van der Waals surface area contributed by atoms with E-state index in [9.17, 15) is 0 Å². The number of hydrogen-bond acceptors (Lipinski definition) is 3. The van der Waals surface area contributed by atoms with Gasteiger partial charge in [0.15, 0.2) is 0 Å². The first-order chi connectivity index (χ1) is 8.78. The molecule has 1 heterocycles. The first-order valence-electron chi connectivity index (χ1n) is 6.37. The summed E-state index contributed by atoms with van der Waals surface area (Å²) in [6.07, 6.45) is 1.13. The van der Waals surface area contributed by atoms with Gasteiger partial charge in [0, 0.05) is 23.7 Å². The fraction of sp³-hybridized carbons (Fsp3) is 0.333.